The zero-order chi connectivity index (χ0) is 21.8. The molecule has 4 bridgehead atoms. The third kappa shape index (κ3) is 2.03. The van der Waals surface area contributed by atoms with Gasteiger partial charge in [-0.15, -0.1) is 0 Å². The number of aliphatic hydroxyl groups excluding tert-OH is 1. The maximum absolute atomic E-state index is 13.0. The normalized spacial score (nSPS) is 48.8. The van der Waals surface area contributed by atoms with Crippen LogP contribution in [0.1, 0.15) is 58.8 Å². The van der Waals surface area contributed by atoms with E-state index in [1.807, 2.05) is 0 Å². The van der Waals surface area contributed by atoms with E-state index in [2.05, 4.69) is 6.92 Å². The Hall–Kier alpha value is -1.69. The molecule has 4 fully saturated rings. The number of hydrogen-bond donors (Lipinski definition) is 1. The molecule has 8 unspecified atom stereocenters. The lowest BCUT2D eigenvalue weighted by Gasteiger charge is -2.68. The Morgan fingerprint density at radius 2 is 2.00 bits per heavy atom. The average molecular weight is 428 g/mol. The molecule has 4 saturated carbocycles. The third-order valence-corrected chi connectivity index (χ3v) is 10.5. The van der Waals surface area contributed by atoms with Crippen molar-refractivity contribution in [2.75, 3.05) is 20.3 Å². The number of aliphatic hydroxyl groups is 1. The van der Waals surface area contributed by atoms with E-state index in [1.165, 1.54) is 25.2 Å². The van der Waals surface area contributed by atoms with Crippen LogP contribution in [-0.4, -0.2) is 49.1 Å². The zero-order valence-electron chi connectivity index (χ0n) is 18.8. The van der Waals surface area contributed by atoms with Crippen LogP contribution in [0.2, 0.25) is 0 Å². The minimum absolute atomic E-state index is 0.0581. The highest BCUT2D eigenvalue weighted by molar-refractivity contribution is 6.04. The minimum Gasteiger partial charge on any atom is -0.469 e. The van der Waals surface area contributed by atoms with Gasteiger partial charge in [0.15, 0.2) is 0 Å². The summed E-state index contributed by atoms with van der Waals surface area (Å²) in [5, 5.41) is 11.9. The first-order valence-electron chi connectivity index (χ1n) is 12.0. The second kappa shape index (κ2) is 6.21. The molecule has 0 amide bonds. The highest BCUT2D eigenvalue weighted by Crippen LogP contribution is 2.79. The fourth-order valence-corrected chi connectivity index (χ4v) is 9.42. The van der Waals surface area contributed by atoms with Gasteiger partial charge >= 0.3 is 11.9 Å². The molecule has 168 valence electrons. The second-order valence-corrected chi connectivity index (χ2v) is 11.1. The van der Waals surface area contributed by atoms with Gasteiger partial charge in [-0.25, -0.2) is 0 Å². The van der Waals surface area contributed by atoms with Gasteiger partial charge in [0.25, 0.3) is 0 Å². The summed E-state index contributed by atoms with van der Waals surface area (Å²) in [5.41, 5.74) is 3.00. The van der Waals surface area contributed by atoms with Crippen LogP contribution in [0.25, 0.3) is 0 Å². The van der Waals surface area contributed by atoms with E-state index in [0.29, 0.717) is 18.9 Å². The van der Waals surface area contributed by atoms with Gasteiger partial charge in [0.05, 0.1) is 25.7 Å². The summed E-state index contributed by atoms with van der Waals surface area (Å²) in [5.74, 6) is -0.0186. The van der Waals surface area contributed by atoms with Gasteiger partial charge in [0.1, 0.15) is 0 Å². The molecule has 6 aliphatic carbocycles. The van der Waals surface area contributed by atoms with Gasteiger partial charge in [-0.2, -0.15) is 0 Å². The van der Waals surface area contributed by atoms with Crippen molar-refractivity contribution in [3.8, 4) is 0 Å². The molecule has 2 spiro atoms. The van der Waals surface area contributed by atoms with E-state index in [-0.39, 0.29) is 45.9 Å². The smallest absolute Gasteiger partial charge is 0.309 e. The van der Waals surface area contributed by atoms with Gasteiger partial charge in [0.2, 0.25) is 0 Å². The van der Waals surface area contributed by atoms with Crippen molar-refractivity contribution in [2.45, 2.75) is 64.9 Å². The Morgan fingerprint density at radius 3 is 2.74 bits per heavy atom. The van der Waals surface area contributed by atoms with Crippen LogP contribution in [0.5, 0.6) is 0 Å². The molecular weight excluding hydrogens is 394 g/mol. The quantitative estimate of drug-likeness (QED) is 0.553. The molecule has 8 atom stereocenters. The van der Waals surface area contributed by atoms with E-state index >= 15 is 0 Å². The van der Waals surface area contributed by atoms with E-state index in [9.17, 15) is 14.7 Å². The molecule has 0 aromatic carbocycles. The number of allylic oxidation sites excluding steroid dienone is 2. The highest BCUT2D eigenvalue weighted by Gasteiger charge is 2.80. The zero-order valence-corrected chi connectivity index (χ0v) is 18.8. The fourth-order valence-electron chi connectivity index (χ4n) is 9.42. The van der Waals surface area contributed by atoms with Crippen molar-refractivity contribution in [1.82, 2.24) is 0 Å². The van der Waals surface area contributed by atoms with Crippen LogP contribution < -0.4 is 0 Å². The lowest BCUT2D eigenvalue weighted by Crippen LogP contribution is -2.73. The Labute approximate surface area is 183 Å². The summed E-state index contributed by atoms with van der Waals surface area (Å²) in [6.45, 7) is 4.75. The molecule has 0 aromatic rings. The van der Waals surface area contributed by atoms with E-state index in [1.54, 1.807) is 0 Å². The number of esters is 2. The topological polar surface area (TPSA) is 85.2 Å². The van der Waals surface area contributed by atoms with Gasteiger partial charge in [0, 0.05) is 35.4 Å². The molecule has 0 aromatic heterocycles. The largest absolute Gasteiger partial charge is 0.469 e. The summed E-state index contributed by atoms with van der Waals surface area (Å²) in [6, 6.07) is 0. The first-order chi connectivity index (χ1) is 14.8. The Bertz CT molecular complexity index is 938. The average Bonchev–Trinajstić information content (AvgIpc) is 3.39. The highest BCUT2D eigenvalue weighted by atomic mass is 16.5. The summed E-state index contributed by atoms with van der Waals surface area (Å²) >= 11 is 0. The molecule has 1 aliphatic heterocycles. The SMILES string of the molecule is COC(=O)C1CC23C4=NCC(C)C45CCC2(COC(C)=O)C(CCC2=C3C1CC2)C5O. The number of methoxy groups -OCH3 is 1. The lowest BCUT2D eigenvalue weighted by atomic mass is 9.35. The predicted octanol–water partition coefficient (Wildman–Crippen LogP) is 3.08. The lowest BCUT2D eigenvalue weighted by molar-refractivity contribution is -0.190. The maximum atomic E-state index is 13.0. The molecule has 7 aliphatic rings. The monoisotopic (exact) mass is 427 g/mol. The van der Waals surface area contributed by atoms with Crippen molar-refractivity contribution in [3.05, 3.63) is 11.1 Å². The molecule has 0 radical (unpaired) electrons. The molecule has 1 N–H and O–H groups in total. The van der Waals surface area contributed by atoms with Gasteiger partial charge < -0.3 is 14.6 Å². The van der Waals surface area contributed by atoms with Crippen LogP contribution in [0.3, 0.4) is 0 Å². The standard InChI is InChI=1S/C25H33NO5/c1-13-11-26-22-24(13)9-8-23(12-31-14(2)27)18(20(24)28)7-5-15-4-6-16-17(21(29)30-3)10-25(22,23)19(15)16/h13,16-18,20,28H,4-12H2,1-3H3. The Morgan fingerprint density at radius 1 is 1.23 bits per heavy atom. The molecular formula is C25H33NO5. The van der Waals surface area contributed by atoms with E-state index < -0.39 is 6.10 Å². The first-order valence-corrected chi connectivity index (χ1v) is 12.0. The molecule has 0 saturated heterocycles. The van der Waals surface area contributed by atoms with Crippen LogP contribution in [0.15, 0.2) is 16.1 Å². The van der Waals surface area contributed by atoms with Gasteiger partial charge in [-0.3, -0.25) is 14.6 Å². The van der Waals surface area contributed by atoms with Crippen LogP contribution >= 0.6 is 0 Å². The number of rotatable bonds is 3. The summed E-state index contributed by atoms with van der Waals surface area (Å²) < 4.78 is 11.1. The Balaban J connectivity index is 1.63. The van der Waals surface area contributed by atoms with Crippen LogP contribution in [-0.2, 0) is 19.1 Å². The van der Waals surface area contributed by atoms with Gasteiger partial charge in [-0.05, 0) is 62.7 Å². The molecule has 1 heterocycles. The summed E-state index contributed by atoms with van der Waals surface area (Å²) in [6.07, 6.45) is 5.97. The molecule has 7 rings (SSSR count). The number of carbonyl (C=O) groups excluding carboxylic acids is 2. The summed E-state index contributed by atoms with van der Waals surface area (Å²) in [7, 11) is 1.49. The number of aliphatic imine (C=N–C) groups is 1. The number of hydrogen-bond acceptors (Lipinski definition) is 6. The van der Waals surface area contributed by atoms with Crippen molar-refractivity contribution in [2.24, 2.45) is 44.9 Å². The second-order valence-electron chi connectivity index (χ2n) is 11.1. The molecule has 6 nitrogen and oxygen atoms in total. The predicted molar refractivity (Wildman–Crippen MR) is 113 cm³/mol. The molecule has 6 heteroatoms. The number of ether oxygens (including phenoxy) is 2. The Kier molecular flexibility index (Phi) is 4.00. The van der Waals surface area contributed by atoms with Crippen molar-refractivity contribution >= 4 is 17.7 Å². The van der Waals surface area contributed by atoms with E-state index in [4.69, 9.17) is 14.5 Å². The third-order valence-electron chi connectivity index (χ3n) is 10.5. The van der Waals surface area contributed by atoms with Crippen molar-refractivity contribution < 1.29 is 24.2 Å². The molecule has 31 heavy (non-hydrogen) atoms. The van der Waals surface area contributed by atoms with Crippen LogP contribution in [0.4, 0.5) is 0 Å². The fraction of sp³-hybridized carbons (Fsp3) is 0.800. The van der Waals surface area contributed by atoms with Crippen molar-refractivity contribution in [3.63, 3.8) is 0 Å². The number of fused-ring (bicyclic) bond motifs is 1. The van der Waals surface area contributed by atoms with Gasteiger partial charge in [-0.1, -0.05) is 18.1 Å². The van der Waals surface area contributed by atoms with E-state index in [0.717, 1.165) is 50.8 Å². The minimum atomic E-state index is -0.464. The van der Waals surface area contributed by atoms with Crippen molar-refractivity contribution in [1.29, 1.82) is 0 Å². The first kappa shape index (κ1) is 20.0. The summed E-state index contributed by atoms with van der Waals surface area (Å²) in [4.78, 5) is 30.1. The number of nitrogens with zero attached hydrogens (tertiary/aromatic N) is 1. The maximum Gasteiger partial charge on any atom is 0.309 e. The number of carbonyl (C=O) groups is 2. The van der Waals surface area contributed by atoms with Crippen LogP contribution in [0, 0.1) is 39.9 Å².